The molecule has 0 aliphatic carbocycles. The number of para-hydroxylation sites is 1. The van der Waals surface area contributed by atoms with Gasteiger partial charge in [0.15, 0.2) is 0 Å². The average Bonchev–Trinajstić information content (AvgIpc) is 3.05. The topological polar surface area (TPSA) is 108 Å². The summed E-state index contributed by atoms with van der Waals surface area (Å²) in [7, 11) is 0. The molecule has 1 aliphatic heterocycles. The highest BCUT2D eigenvalue weighted by Crippen LogP contribution is 2.31. The molecule has 0 unspecified atom stereocenters. The highest BCUT2D eigenvalue weighted by Gasteiger charge is 2.38. The lowest BCUT2D eigenvalue weighted by molar-refractivity contribution is -0.136. The van der Waals surface area contributed by atoms with Gasteiger partial charge in [-0.1, -0.05) is 42.5 Å². The standard InChI is InChI=1S/C25H20N4O3/c26-14-15-29-24(30)22(17-6-2-1-3-7-17)23(25(29)31)28-19-10-12-20(13-11-19)32-21-9-5-4-8-18(21)16-27/h1-13,28H,14-15,26H2. The molecule has 0 spiro atoms. The normalized spacial score (nSPS) is 13.3. The summed E-state index contributed by atoms with van der Waals surface area (Å²) in [6.45, 7) is 0.327. The number of nitrogens with zero attached hydrogens (tertiary/aromatic N) is 2. The molecular weight excluding hydrogens is 404 g/mol. The molecule has 0 fully saturated rings. The van der Waals surface area contributed by atoms with E-state index in [0.29, 0.717) is 33.9 Å². The van der Waals surface area contributed by atoms with Gasteiger partial charge in [0.1, 0.15) is 23.3 Å². The Morgan fingerprint density at radius 1 is 0.906 bits per heavy atom. The first-order valence-electron chi connectivity index (χ1n) is 10.0. The summed E-state index contributed by atoms with van der Waals surface area (Å²) < 4.78 is 5.80. The first-order chi connectivity index (χ1) is 15.6. The van der Waals surface area contributed by atoms with Crippen molar-refractivity contribution in [1.29, 1.82) is 5.26 Å². The van der Waals surface area contributed by atoms with Crippen molar-refractivity contribution < 1.29 is 14.3 Å². The van der Waals surface area contributed by atoms with E-state index >= 15 is 0 Å². The van der Waals surface area contributed by atoms with Crippen LogP contribution in [0.3, 0.4) is 0 Å². The van der Waals surface area contributed by atoms with Crippen molar-refractivity contribution in [2.24, 2.45) is 5.73 Å². The van der Waals surface area contributed by atoms with Crippen molar-refractivity contribution in [2.75, 3.05) is 18.4 Å². The van der Waals surface area contributed by atoms with Crippen LogP contribution in [0.1, 0.15) is 11.1 Å². The number of hydrogen-bond acceptors (Lipinski definition) is 6. The largest absolute Gasteiger partial charge is 0.456 e. The van der Waals surface area contributed by atoms with Crippen molar-refractivity contribution in [3.63, 3.8) is 0 Å². The number of carbonyl (C=O) groups excluding carboxylic acids is 2. The van der Waals surface area contributed by atoms with Crippen LogP contribution in [0.25, 0.3) is 5.57 Å². The van der Waals surface area contributed by atoms with Crippen molar-refractivity contribution in [3.05, 3.63) is 95.7 Å². The van der Waals surface area contributed by atoms with E-state index in [1.807, 2.05) is 18.2 Å². The molecule has 3 aromatic carbocycles. The summed E-state index contributed by atoms with van der Waals surface area (Å²) in [6, 6.07) is 25.0. The Labute approximate surface area is 185 Å². The van der Waals surface area contributed by atoms with E-state index in [-0.39, 0.29) is 24.7 Å². The number of benzene rings is 3. The predicted octanol–water partition coefficient (Wildman–Crippen LogP) is 3.50. The summed E-state index contributed by atoms with van der Waals surface area (Å²) >= 11 is 0. The summed E-state index contributed by atoms with van der Waals surface area (Å²) in [5.41, 5.74) is 7.82. The Bertz CT molecular complexity index is 1230. The first-order valence-corrected chi connectivity index (χ1v) is 10.0. The second kappa shape index (κ2) is 9.16. The Balaban J connectivity index is 1.61. The number of nitriles is 1. The van der Waals surface area contributed by atoms with E-state index in [1.165, 1.54) is 0 Å². The smallest absolute Gasteiger partial charge is 0.278 e. The fourth-order valence-electron chi connectivity index (χ4n) is 3.42. The molecule has 3 N–H and O–H groups in total. The zero-order valence-electron chi connectivity index (χ0n) is 17.1. The third-order valence-corrected chi connectivity index (χ3v) is 4.94. The van der Waals surface area contributed by atoms with Crippen LogP contribution in [0, 0.1) is 11.3 Å². The van der Waals surface area contributed by atoms with Crippen LogP contribution >= 0.6 is 0 Å². The molecule has 3 aromatic rings. The third-order valence-electron chi connectivity index (χ3n) is 4.94. The lowest BCUT2D eigenvalue weighted by Gasteiger charge is -2.14. The van der Waals surface area contributed by atoms with Gasteiger partial charge in [-0.25, -0.2) is 0 Å². The Kier molecular flexibility index (Phi) is 5.97. The van der Waals surface area contributed by atoms with Gasteiger partial charge in [0.25, 0.3) is 11.8 Å². The van der Waals surface area contributed by atoms with E-state index in [0.717, 1.165) is 4.90 Å². The average molecular weight is 424 g/mol. The van der Waals surface area contributed by atoms with E-state index in [1.54, 1.807) is 60.7 Å². The number of rotatable bonds is 7. The van der Waals surface area contributed by atoms with Gasteiger partial charge in [0.2, 0.25) is 0 Å². The number of ether oxygens (including phenoxy) is 1. The van der Waals surface area contributed by atoms with Gasteiger partial charge in [0.05, 0.1) is 11.1 Å². The van der Waals surface area contributed by atoms with Gasteiger partial charge in [-0.2, -0.15) is 5.26 Å². The fraction of sp³-hybridized carbons (Fsp3) is 0.0800. The summed E-state index contributed by atoms with van der Waals surface area (Å²) in [4.78, 5) is 27.0. The van der Waals surface area contributed by atoms with E-state index in [4.69, 9.17) is 10.5 Å². The second-order valence-electron chi connectivity index (χ2n) is 7.03. The molecule has 1 aliphatic rings. The molecule has 0 aromatic heterocycles. The quantitative estimate of drug-likeness (QED) is 0.562. The predicted molar refractivity (Wildman–Crippen MR) is 120 cm³/mol. The second-order valence-corrected chi connectivity index (χ2v) is 7.03. The number of carbonyl (C=O) groups is 2. The number of nitrogens with one attached hydrogen (secondary N) is 1. The van der Waals surface area contributed by atoms with E-state index in [9.17, 15) is 14.9 Å². The summed E-state index contributed by atoms with van der Waals surface area (Å²) in [5, 5.41) is 12.3. The molecule has 32 heavy (non-hydrogen) atoms. The van der Waals surface area contributed by atoms with Gasteiger partial charge < -0.3 is 15.8 Å². The number of nitrogens with two attached hydrogens (primary N) is 1. The van der Waals surface area contributed by atoms with Gasteiger partial charge in [-0.15, -0.1) is 0 Å². The number of hydrogen-bond donors (Lipinski definition) is 2. The molecule has 0 saturated heterocycles. The monoisotopic (exact) mass is 424 g/mol. The summed E-state index contributed by atoms with van der Waals surface area (Å²) in [5.74, 6) is 0.206. The van der Waals surface area contributed by atoms with Crippen LogP contribution in [0.4, 0.5) is 5.69 Å². The molecule has 0 radical (unpaired) electrons. The number of anilines is 1. The number of imide groups is 1. The molecule has 0 saturated carbocycles. The summed E-state index contributed by atoms with van der Waals surface area (Å²) in [6.07, 6.45) is 0. The first kappa shape index (κ1) is 20.8. The Morgan fingerprint density at radius 2 is 1.59 bits per heavy atom. The van der Waals surface area contributed by atoms with Gasteiger partial charge in [0, 0.05) is 18.8 Å². The van der Waals surface area contributed by atoms with Crippen LogP contribution in [-0.2, 0) is 9.59 Å². The van der Waals surface area contributed by atoms with Crippen LogP contribution in [0.5, 0.6) is 11.5 Å². The van der Waals surface area contributed by atoms with Gasteiger partial charge in [-0.3, -0.25) is 14.5 Å². The maximum Gasteiger partial charge on any atom is 0.278 e. The molecule has 0 bridgehead atoms. The highest BCUT2D eigenvalue weighted by atomic mass is 16.5. The molecule has 7 heteroatoms. The Hall–Kier alpha value is -4.41. The van der Waals surface area contributed by atoms with Crippen molar-refractivity contribution in [1.82, 2.24) is 4.90 Å². The van der Waals surface area contributed by atoms with Crippen LogP contribution in [0.15, 0.2) is 84.6 Å². The van der Waals surface area contributed by atoms with Crippen LogP contribution in [0.2, 0.25) is 0 Å². The lowest BCUT2D eigenvalue weighted by atomic mass is 10.0. The molecule has 2 amide bonds. The molecular formula is C25H20N4O3. The van der Waals surface area contributed by atoms with Crippen molar-refractivity contribution in [3.8, 4) is 17.6 Å². The lowest BCUT2D eigenvalue weighted by Crippen LogP contribution is -2.36. The molecule has 1 heterocycles. The maximum absolute atomic E-state index is 12.9. The third kappa shape index (κ3) is 4.08. The molecule has 4 rings (SSSR count). The van der Waals surface area contributed by atoms with Crippen LogP contribution < -0.4 is 15.8 Å². The van der Waals surface area contributed by atoms with Crippen LogP contribution in [-0.4, -0.2) is 29.8 Å². The number of amides is 2. The zero-order valence-corrected chi connectivity index (χ0v) is 17.1. The van der Waals surface area contributed by atoms with Crippen molar-refractivity contribution >= 4 is 23.1 Å². The SMILES string of the molecule is N#Cc1ccccc1Oc1ccc(NC2=C(c3ccccc3)C(=O)N(CCN)C2=O)cc1. The molecule has 0 atom stereocenters. The minimum atomic E-state index is -0.414. The van der Waals surface area contributed by atoms with Gasteiger partial charge in [-0.05, 0) is 42.0 Å². The minimum absolute atomic E-state index is 0.143. The minimum Gasteiger partial charge on any atom is -0.456 e. The Morgan fingerprint density at radius 3 is 2.28 bits per heavy atom. The zero-order chi connectivity index (χ0) is 22.5. The van der Waals surface area contributed by atoms with E-state index in [2.05, 4.69) is 11.4 Å². The maximum atomic E-state index is 12.9. The molecule has 7 nitrogen and oxygen atoms in total. The van der Waals surface area contributed by atoms with Crippen molar-refractivity contribution in [2.45, 2.75) is 0 Å². The van der Waals surface area contributed by atoms with E-state index < -0.39 is 5.91 Å². The molecule has 158 valence electrons. The highest BCUT2D eigenvalue weighted by molar-refractivity contribution is 6.36. The fourth-order valence-corrected chi connectivity index (χ4v) is 3.42. The van der Waals surface area contributed by atoms with Gasteiger partial charge >= 0.3 is 0 Å².